The van der Waals surface area contributed by atoms with Crippen molar-refractivity contribution >= 4 is 25.6 Å². The summed E-state index contributed by atoms with van der Waals surface area (Å²) >= 11 is 0. The summed E-state index contributed by atoms with van der Waals surface area (Å²) in [4.78, 5) is 21.3. The van der Waals surface area contributed by atoms with Crippen molar-refractivity contribution in [2.24, 2.45) is 0 Å². The van der Waals surface area contributed by atoms with E-state index in [-0.39, 0.29) is 24.0 Å². The normalized spacial score (nSPS) is 19.2. The molecule has 1 saturated heterocycles. The molecule has 2 atom stereocenters. The first-order valence-corrected chi connectivity index (χ1v) is 13.3. The van der Waals surface area contributed by atoms with Gasteiger partial charge in [-0.1, -0.05) is 12.1 Å². The predicted molar refractivity (Wildman–Crippen MR) is 135 cm³/mol. The van der Waals surface area contributed by atoms with Crippen molar-refractivity contribution in [3.05, 3.63) is 58.9 Å². The molecule has 0 bridgehead atoms. The third kappa shape index (κ3) is 6.04. The van der Waals surface area contributed by atoms with Crippen LogP contribution in [0.3, 0.4) is 0 Å². The third-order valence-electron chi connectivity index (χ3n) is 6.72. The standard InChI is InChI=1S/C23H33BN3O7P/c1-7-19(13-17-9-10-20(27(28)29)21(14-17)32-6)35(30,31)12-8-11-26-16-18(15-25-26)24-33-22(2,3)23(4,5)34-24/h7,9-10,14-16,19H,1,8,11-13H2,2-6H3,(H,30,31). The van der Waals surface area contributed by atoms with E-state index < -0.39 is 36.3 Å². The predicted octanol–water partition coefficient (Wildman–Crippen LogP) is 3.56. The average Bonchev–Trinajstić information content (AvgIpc) is 3.32. The van der Waals surface area contributed by atoms with E-state index in [2.05, 4.69) is 11.7 Å². The third-order valence-corrected chi connectivity index (χ3v) is 9.11. The number of nitro groups is 1. The maximum atomic E-state index is 13.1. The van der Waals surface area contributed by atoms with Crippen LogP contribution in [-0.4, -0.2) is 56.8 Å². The number of nitro benzene ring substituents is 1. The number of nitrogens with zero attached hydrogens (tertiary/aromatic N) is 3. The summed E-state index contributed by atoms with van der Waals surface area (Å²) in [6.07, 6.45) is 5.73. The molecule has 35 heavy (non-hydrogen) atoms. The Hall–Kier alpha value is -2.46. The SMILES string of the molecule is C=CC(Cc1ccc([N+](=O)[O-])c(OC)c1)P(=O)(O)CCCn1cc(B2OC(C)(C)C(C)(C)O2)cn1. The maximum Gasteiger partial charge on any atom is 0.498 e. The minimum atomic E-state index is -3.59. The second-order valence-corrected chi connectivity index (χ2v) is 12.4. The first-order chi connectivity index (χ1) is 16.3. The first-order valence-electron chi connectivity index (χ1n) is 11.4. The zero-order chi connectivity index (χ0) is 26.0. The lowest BCUT2D eigenvalue weighted by atomic mass is 9.82. The zero-order valence-electron chi connectivity index (χ0n) is 20.8. The Labute approximate surface area is 206 Å². The van der Waals surface area contributed by atoms with E-state index in [4.69, 9.17) is 14.0 Å². The van der Waals surface area contributed by atoms with Gasteiger partial charge in [-0.25, -0.2) is 0 Å². The molecule has 0 spiro atoms. The van der Waals surface area contributed by atoms with Crippen molar-refractivity contribution in [2.75, 3.05) is 13.3 Å². The van der Waals surface area contributed by atoms with Gasteiger partial charge in [0.15, 0.2) is 5.75 Å². The van der Waals surface area contributed by atoms with Gasteiger partial charge < -0.3 is 18.9 Å². The second kappa shape index (κ2) is 10.3. The summed E-state index contributed by atoms with van der Waals surface area (Å²) in [5, 5.41) is 15.4. The summed E-state index contributed by atoms with van der Waals surface area (Å²) in [5.41, 5.74) is -0.283. The van der Waals surface area contributed by atoms with Crippen LogP contribution in [0.4, 0.5) is 5.69 Å². The molecule has 2 aromatic rings. The minimum absolute atomic E-state index is 0.0828. The van der Waals surface area contributed by atoms with Crippen LogP contribution in [0.1, 0.15) is 39.7 Å². The molecule has 12 heteroatoms. The molecule has 1 fully saturated rings. The second-order valence-electron chi connectivity index (χ2n) is 9.73. The van der Waals surface area contributed by atoms with Gasteiger partial charge in [0, 0.05) is 36.6 Å². The highest BCUT2D eigenvalue weighted by atomic mass is 31.2. The van der Waals surface area contributed by atoms with E-state index in [1.807, 2.05) is 33.9 Å². The number of aryl methyl sites for hydroxylation is 1. The van der Waals surface area contributed by atoms with Gasteiger partial charge in [0.05, 0.1) is 28.9 Å². The Morgan fingerprint density at radius 1 is 1.34 bits per heavy atom. The number of aromatic nitrogens is 2. The van der Waals surface area contributed by atoms with Gasteiger partial charge in [-0.05, 0) is 52.2 Å². The number of allylic oxidation sites excluding steroid dienone is 1. The molecule has 2 heterocycles. The highest BCUT2D eigenvalue weighted by Gasteiger charge is 2.52. The highest BCUT2D eigenvalue weighted by Crippen LogP contribution is 2.49. The fourth-order valence-electron chi connectivity index (χ4n) is 3.86. The molecule has 1 aromatic heterocycles. The summed E-state index contributed by atoms with van der Waals surface area (Å²) in [7, 11) is -2.75. The fourth-order valence-corrected chi connectivity index (χ4v) is 5.61. The van der Waals surface area contributed by atoms with Crippen molar-refractivity contribution in [1.82, 2.24) is 9.78 Å². The molecule has 1 N–H and O–H groups in total. The molecule has 1 aromatic carbocycles. The Balaban J connectivity index is 1.59. The Kier molecular flexibility index (Phi) is 7.96. The summed E-state index contributed by atoms with van der Waals surface area (Å²) in [5.74, 6) is 0.111. The Morgan fingerprint density at radius 3 is 2.57 bits per heavy atom. The average molecular weight is 505 g/mol. The van der Waals surface area contributed by atoms with E-state index in [0.717, 1.165) is 5.46 Å². The monoisotopic (exact) mass is 505 g/mol. The highest BCUT2D eigenvalue weighted by molar-refractivity contribution is 7.59. The number of hydrogen-bond donors (Lipinski definition) is 1. The number of ether oxygens (including phenoxy) is 1. The van der Waals surface area contributed by atoms with Crippen LogP contribution < -0.4 is 10.2 Å². The molecule has 1 aliphatic heterocycles. The number of methoxy groups -OCH3 is 1. The molecule has 0 aliphatic carbocycles. The van der Waals surface area contributed by atoms with E-state index in [9.17, 15) is 19.6 Å². The molecular weight excluding hydrogens is 472 g/mol. The van der Waals surface area contributed by atoms with Gasteiger partial charge in [0.1, 0.15) is 0 Å². The summed E-state index contributed by atoms with van der Waals surface area (Å²) in [6.45, 7) is 12.1. The molecular formula is C23H33BN3O7P. The summed E-state index contributed by atoms with van der Waals surface area (Å²) in [6, 6.07) is 4.43. The van der Waals surface area contributed by atoms with Crippen LogP contribution in [0.25, 0.3) is 0 Å². The molecule has 0 saturated carbocycles. The van der Waals surface area contributed by atoms with Crippen LogP contribution >= 0.6 is 7.37 Å². The van der Waals surface area contributed by atoms with Gasteiger partial charge >= 0.3 is 12.8 Å². The number of benzene rings is 1. The van der Waals surface area contributed by atoms with Gasteiger partial charge in [-0.2, -0.15) is 5.10 Å². The molecule has 0 radical (unpaired) electrons. The van der Waals surface area contributed by atoms with Crippen LogP contribution in [-0.2, 0) is 26.8 Å². The number of hydrogen-bond acceptors (Lipinski definition) is 7. The van der Waals surface area contributed by atoms with E-state index >= 15 is 0 Å². The molecule has 190 valence electrons. The van der Waals surface area contributed by atoms with Crippen LogP contribution in [0.5, 0.6) is 5.75 Å². The zero-order valence-corrected chi connectivity index (χ0v) is 21.7. The maximum absolute atomic E-state index is 13.1. The van der Waals surface area contributed by atoms with Crippen molar-refractivity contribution in [2.45, 2.75) is 63.9 Å². The van der Waals surface area contributed by atoms with Crippen molar-refractivity contribution < 1.29 is 28.4 Å². The molecule has 2 unspecified atom stereocenters. The van der Waals surface area contributed by atoms with Crippen molar-refractivity contribution in [3.63, 3.8) is 0 Å². The van der Waals surface area contributed by atoms with Crippen LogP contribution in [0, 0.1) is 10.1 Å². The van der Waals surface area contributed by atoms with Gasteiger partial charge in [-0.3, -0.25) is 19.4 Å². The quantitative estimate of drug-likeness (QED) is 0.162. The Morgan fingerprint density at radius 2 is 2.00 bits per heavy atom. The smallest absolute Gasteiger partial charge is 0.490 e. The largest absolute Gasteiger partial charge is 0.498 e. The lowest BCUT2D eigenvalue weighted by Gasteiger charge is -2.32. The van der Waals surface area contributed by atoms with Crippen LogP contribution in [0.15, 0.2) is 43.2 Å². The summed E-state index contributed by atoms with van der Waals surface area (Å²) < 4.78 is 32.0. The lowest BCUT2D eigenvalue weighted by Crippen LogP contribution is -2.41. The molecule has 3 rings (SSSR count). The van der Waals surface area contributed by atoms with E-state index in [0.29, 0.717) is 18.5 Å². The Bertz CT molecular complexity index is 1120. The van der Waals surface area contributed by atoms with Gasteiger partial charge in [0.2, 0.25) is 7.37 Å². The minimum Gasteiger partial charge on any atom is -0.490 e. The fraction of sp³-hybridized carbons (Fsp3) is 0.522. The first kappa shape index (κ1) is 27.1. The van der Waals surface area contributed by atoms with Gasteiger partial charge in [-0.15, -0.1) is 6.58 Å². The van der Waals surface area contributed by atoms with Crippen molar-refractivity contribution in [3.8, 4) is 5.75 Å². The number of rotatable bonds is 11. The lowest BCUT2D eigenvalue weighted by molar-refractivity contribution is -0.385. The van der Waals surface area contributed by atoms with Crippen LogP contribution in [0.2, 0.25) is 0 Å². The topological polar surface area (TPSA) is 126 Å². The molecule has 0 amide bonds. The molecule has 10 nitrogen and oxygen atoms in total. The van der Waals surface area contributed by atoms with Gasteiger partial charge in [0.25, 0.3) is 0 Å². The van der Waals surface area contributed by atoms with E-state index in [1.54, 1.807) is 16.9 Å². The van der Waals surface area contributed by atoms with Crippen molar-refractivity contribution in [1.29, 1.82) is 0 Å². The van der Waals surface area contributed by atoms with E-state index in [1.165, 1.54) is 25.3 Å². The molecule has 1 aliphatic rings.